The van der Waals surface area contributed by atoms with Gasteiger partial charge in [-0.05, 0) is 30.3 Å². The van der Waals surface area contributed by atoms with Gasteiger partial charge in [-0.1, -0.05) is 29.3 Å². The number of amides is 2. The Kier molecular flexibility index (Phi) is 4.60. The van der Waals surface area contributed by atoms with E-state index in [4.69, 9.17) is 23.2 Å². The van der Waals surface area contributed by atoms with Crippen LogP contribution < -0.4 is 10.6 Å². The summed E-state index contributed by atoms with van der Waals surface area (Å²) in [5, 5.41) is 6.27. The van der Waals surface area contributed by atoms with E-state index in [1.807, 2.05) is 18.2 Å². The van der Waals surface area contributed by atoms with Crippen molar-refractivity contribution in [1.82, 2.24) is 10.3 Å². The van der Waals surface area contributed by atoms with Gasteiger partial charge in [-0.3, -0.25) is 4.98 Å². The highest BCUT2D eigenvalue weighted by Crippen LogP contribution is 2.22. The first-order chi connectivity index (χ1) is 9.13. The monoisotopic (exact) mass is 295 g/mol. The average molecular weight is 296 g/mol. The molecule has 0 saturated heterocycles. The van der Waals surface area contributed by atoms with Crippen molar-refractivity contribution in [3.63, 3.8) is 0 Å². The van der Waals surface area contributed by atoms with Gasteiger partial charge in [0.05, 0.1) is 12.2 Å². The molecule has 0 aliphatic carbocycles. The maximum absolute atomic E-state index is 11.7. The minimum absolute atomic E-state index is 0.344. The summed E-state index contributed by atoms with van der Waals surface area (Å²) in [7, 11) is 0. The van der Waals surface area contributed by atoms with E-state index < -0.39 is 0 Å². The zero-order valence-corrected chi connectivity index (χ0v) is 11.4. The van der Waals surface area contributed by atoms with Crippen LogP contribution in [0.5, 0.6) is 0 Å². The molecule has 1 aromatic heterocycles. The molecule has 0 atom stereocenters. The summed E-state index contributed by atoms with van der Waals surface area (Å²) in [6.45, 7) is 0.348. The summed E-state index contributed by atoms with van der Waals surface area (Å²) in [6, 6.07) is 10.00. The second-order valence-electron chi connectivity index (χ2n) is 3.79. The summed E-state index contributed by atoms with van der Waals surface area (Å²) < 4.78 is 0. The minimum atomic E-state index is -0.344. The highest BCUT2D eigenvalue weighted by Gasteiger charge is 2.04. The molecule has 2 amide bonds. The van der Waals surface area contributed by atoms with E-state index >= 15 is 0 Å². The van der Waals surface area contributed by atoms with Crippen LogP contribution in [-0.2, 0) is 6.54 Å². The third-order valence-electron chi connectivity index (χ3n) is 2.28. The van der Waals surface area contributed by atoms with E-state index in [0.29, 0.717) is 22.3 Å². The Balaban J connectivity index is 1.91. The minimum Gasteiger partial charge on any atom is -0.332 e. The Bertz CT molecular complexity index is 555. The molecule has 6 heteroatoms. The van der Waals surface area contributed by atoms with Gasteiger partial charge in [0.15, 0.2) is 0 Å². The van der Waals surface area contributed by atoms with Gasteiger partial charge < -0.3 is 10.6 Å². The largest absolute Gasteiger partial charge is 0.332 e. The van der Waals surface area contributed by atoms with E-state index in [1.54, 1.807) is 24.4 Å². The van der Waals surface area contributed by atoms with Crippen molar-refractivity contribution >= 4 is 34.9 Å². The first-order valence-corrected chi connectivity index (χ1v) is 6.30. The van der Waals surface area contributed by atoms with E-state index in [9.17, 15) is 4.79 Å². The molecule has 2 rings (SSSR count). The fourth-order valence-electron chi connectivity index (χ4n) is 1.47. The normalized spacial score (nSPS) is 10.0. The Morgan fingerprint density at radius 1 is 1.16 bits per heavy atom. The first kappa shape index (κ1) is 13.6. The SMILES string of the molecule is O=C(NCc1ccccn1)Nc1cc(Cl)cc(Cl)c1. The Hall–Kier alpha value is -1.78. The highest BCUT2D eigenvalue weighted by molar-refractivity contribution is 6.35. The first-order valence-electron chi connectivity index (χ1n) is 5.54. The number of aromatic nitrogens is 1. The number of nitrogens with zero attached hydrogens (tertiary/aromatic N) is 1. The number of hydrogen-bond donors (Lipinski definition) is 2. The van der Waals surface area contributed by atoms with Gasteiger partial charge in [0, 0.05) is 21.9 Å². The van der Waals surface area contributed by atoms with Gasteiger partial charge in [0.25, 0.3) is 0 Å². The predicted octanol–water partition coefficient (Wildman–Crippen LogP) is 3.71. The summed E-state index contributed by atoms with van der Waals surface area (Å²) in [6.07, 6.45) is 1.67. The fraction of sp³-hybridized carbons (Fsp3) is 0.0769. The number of urea groups is 1. The molecule has 4 nitrogen and oxygen atoms in total. The van der Waals surface area contributed by atoms with Crippen molar-refractivity contribution in [3.8, 4) is 0 Å². The van der Waals surface area contributed by atoms with Gasteiger partial charge in [-0.25, -0.2) is 4.79 Å². The zero-order chi connectivity index (χ0) is 13.7. The molecule has 0 unspecified atom stereocenters. The van der Waals surface area contributed by atoms with Crippen molar-refractivity contribution in [3.05, 3.63) is 58.3 Å². The van der Waals surface area contributed by atoms with Crippen molar-refractivity contribution in [1.29, 1.82) is 0 Å². The molecule has 1 heterocycles. The van der Waals surface area contributed by atoms with Crippen molar-refractivity contribution in [2.45, 2.75) is 6.54 Å². The molecule has 2 N–H and O–H groups in total. The lowest BCUT2D eigenvalue weighted by atomic mass is 10.3. The topological polar surface area (TPSA) is 54.0 Å². The Morgan fingerprint density at radius 3 is 2.53 bits per heavy atom. The maximum atomic E-state index is 11.7. The second-order valence-corrected chi connectivity index (χ2v) is 4.66. The van der Waals surface area contributed by atoms with Crippen molar-refractivity contribution in [2.24, 2.45) is 0 Å². The van der Waals surface area contributed by atoms with Crippen LogP contribution in [-0.4, -0.2) is 11.0 Å². The molecule has 1 aromatic carbocycles. The number of halogens is 2. The summed E-state index contributed by atoms with van der Waals surface area (Å²) in [5.41, 5.74) is 1.32. The highest BCUT2D eigenvalue weighted by atomic mass is 35.5. The number of pyridine rings is 1. The molecule has 19 heavy (non-hydrogen) atoms. The lowest BCUT2D eigenvalue weighted by Crippen LogP contribution is -2.28. The maximum Gasteiger partial charge on any atom is 0.319 e. The molecular weight excluding hydrogens is 285 g/mol. The van der Waals surface area contributed by atoms with Gasteiger partial charge in [-0.2, -0.15) is 0 Å². The van der Waals surface area contributed by atoms with Crippen LogP contribution in [0.2, 0.25) is 10.0 Å². The third-order valence-corrected chi connectivity index (χ3v) is 2.71. The van der Waals surface area contributed by atoms with Gasteiger partial charge in [0.1, 0.15) is 0 Å². The quantitative estimate of drug-likeness (QED) is 0.907. The molecule has 98 valence electrons. The van der Waals surface area contributed by atoms with Crippen LogP contribution in [0.25, 0.3) is 0 Å². The second kappa shape index (κ2) is 6.41. The van der Waals surface area contributed by atoms with E-state index in [1.165, 1.54) is 0 Å². The molecule has 0 fully saturated rings. The number of carbonyl (C=O) groups excluding carboxylic acids is 1. The Labute approximate surface area is 120 Å². The smallest absolute Gasteiger partial charge is 0.319 e. The predicted molar refractivity (Wildman–Crippen MR) is 76.6 cm³/mol. The lowest BCUT2D eigenvalue weighted by Gasteiger charge is -2.08. The zero-order valence-electron chi connectivity index (χ0n) is 9.86. The molecule has 0 aliphatic heterocycles. The molecule has 0 radical (unpaired) electrons. The van der Waals surface area contributed by atoms with Gasteiger partial charge in [-0.15, -0.1) is 0 Å². The Morgan fingerprint density at radius 2 is 1.89 bits per heavy atom. The van der Waals surface area contributed by atoms with Crippen molar-refractivity contribution < 1.29 is 4.79 Å². The van der Waals surface area contributed by atoms with Crippen LogP contribution >= 0.6 is 23.2 Å². The summed E-state index contributed by atoms with van der Waals surface area (Å²) >= 11 is 11.7. The van der Waals surface area contributed by atoms with E-state index in [0.717, 1.165) is 5.69 Å². The number of rotatable bonds is 3. The average Bonchev–Trinajstić information content (AvgIpc) is 2.36. The van der Waals surface area contributed by atoms with Crippen LogP contribution in [0.3, 0.4) is 0 Å². The summed E-state index contributed by atoms with van der Waals surface area (Å²) in [5.74, 6) is 0. The molecule has 0 bridgehead atoms. The number of anilines is 1. The summed E-state index contributed by atoms with van der Waals surface area (Å²) in [4.78, 5) is 15.8. The van der Waals surface area contributed by atoms with Crippen molar-refractivity contribution in [2.75, 3.05) is 5.32 Å². The molecule has 0 aliphatic rings. The molecule has 0 spiro atoms. The number of nitrogens with one attached hydrogen (secondary N) is 2. The lowest BCUT2D eigenvalue weighted by molar-refractivity contribution is 0.251. The van der Waals surface area contributed by atoms with Crippen LogP contribution in [0.15, 0.2) is 42.6 Å². The molecular formula is C13H11Cl2N3O. The molecule has 2 aromatic rings. The van der Waals surface area contributed by atoms with Gasteiger partial charge >= 0.3 is 6.03 Å². The third kappa shape index (κ3) is 4.43. The number of hydrogen-bond acceptors (Lipinski definition) is 2. The van der Waals surface area contributed by atoms with Crippen LogP contribution in [0.4, 0.5) is 10.5 Å². The van der Waals surface area contributed by atoms with E-state index in [2.05, 4.69) is 15.6 Å². The van der Waals surface area contributed by atoms with Gasteiger partial charge in [0.2, 0.25) is 0 Å². The molecule has 0 saturated carbocycles. The van der Waals surface area contributed by atoms with Crippen LogP contribution in [0, 0.1) is 0 Å². The fourth-order valence-corrected chi connectivity index (χ4v) is 2.00. The van der Waals surface area contributed by atoms with E-state index in [-0.39, 0.29) is 6.03 Å². The number of carbonyl (C=O) groups is 1. The van der Waals surface area contributed by atoms with Crippen LogP contribution in [0.1, 0.15) is 5.69 Å². The standard InChI is InChI=1S/C13H11Cl2N3O/c14-9-5-10(15)7-12(6-9)18-13(19)17-8-11-3-1-2-4-16-11/h1-7H,8H2,(H2,17,18,19). The number of benzene rings is 1.